The van der Waals surface area contributed by atoms with Crippen LogP contribution in [0.4, 0.5) is 11.4 Å². The zero-order valence-corrected chi connectivity index (χ0v) is 15.4. The largest absolute Gasteiger partial charge is 0.394 e. The number of ketones is 1. The molecule has 138 valence electrons. The van der Waals surface area contributed by atoms with Gasteiger partial charge in [-0.3, -0.25) is 9.59 Å². The number of hydrogen-bond acceptors (Lipinski definition) is 5. The van der Waals surface area contributed by atoms with E-state index < -0.39 is 5.56 Å². The van der Waals surface area contributed by atoms with Crippen LogP contribution in [-0.2, 0) is 6.54 Å². The van der Waals surface area contributed by atoms with E-state index in [1.54, 1.807) is 24.3 Å². The second-order valence-electron chi connectivity index (χ2n) is 5.88. The molecule has 3 rings (SSSR count). The molecule has 27 heavy (non-hydrogen) atoms. The average Bonchev–Trinajstić information content (AvgIpc) is 2.67. The number of aliphatic hydroxyl groups excluding tert-OH is 1. The van der Waals surface area contributed by atoms with Gasteiger partial charge in [0.2, 0.25) is 0 Å². The number of anilines is 2. The molecule has 1 heterocycles. The Morgan fingerprint density at radius 1 is 1.15 bits per heavy atom. The van der Waals surface area contributed by atoms with E-state index in [-0.39, 0.29) is 30.2 Å². The molecule has 0 radical (unpaired) electrons. The summed E-state index contributed by atoms with van der Waals surface area (Å²) in [5, 5.41) is 17.0. The first kappa shape index (κ1) is 18.8. The van der Waals surface area contributed by atoms with Crippen molar-refractivity contribution < 1.29 is 9.90 Å². The number of hydrogen-bond donors (Lipinski definition) is 2. The normalized spacial score (nSPS) is 10.6. The van der Waals surface area contributed by atoms with Gasteiger partial charge < -0.3 is 10.4 Å². The molecule has 0 aliphatic heterocycles. The van der Waals surface area contributed by atoms with Crippen molar-refractivity contribution in [2.75, 3.05) is 11.9 Å². The SMILES string of the molecule is CC(=O)c1c(-c2ccccc2)nn(CCO)c(=O)c1Nc1ccccc1Cl. The second kappa shape index (κ2) is 8.16. The lowest BCUT2D eigenvalue weighted by Crippen LogP contribution is -2.29. The number of Topliss-reactive ketones (excluding diaryl/α,β-unsaturated/α-hetero) is 1. The van der Waals surface area contributed by atoms with Gasteiger partial charge in [0.1, 0.15) is 11.4 Å². The molecule has 2 aromatic carbocycles. The Bertz CT molecular complexity index is 1030. The lowest BCUT2D eigenvalue weighted by Gasteiger charge is -2.17. The van der Waals surface area contributed by atoms with Crippen LogP contribution in [0.3, 0.4) is 0 Å². The van der Waals surface area contributed by atoms with Crippen molar-refractivity contribution in [3.63, 3.8) is 0 Å². The summed E-state index contributed by atoms with van der Waals surface area (Å²) in [6.45, 7) is 1.14. The zero-order valence-electron chi connectivity index (χ0n) is 14.6. The number of benzene rings is 2. The third-order valence-electron chi connectivity index (χ3n) is 4.00. The molecular formula is C20H18ClN3O3. The summed E-state index contributed by atoms with van der Waals surface area (Å²) in [7, 11) is 0. The number of nitrogens with zero attached hydrogens (tertiary/aromatic N) is 2. The van der Waals surface area contributed by atoms with Crippen molar-refractivity contribution in [3.05, 3.63) is 75.5 Å². The second-order valence-corrected chi connectivity index (χ2v) is 6.28. The van der Waals surface area contributed by atoms with E-state index in [1.807, 2.05) is 30.3 Å². The Hall–Kier alpha value is -2.96. The molecule has 0 atom stereocenters. The molecule has 0 bridgehead atoms. The van der Waals surface area contributed by atoms with Crippen LogP contribution >= 0.6 is 11.6 Å². The van der Waals surface area contributed by atoms with Crippen LogP contribution in [0.2, 0.25) is 5.02 Å². The predicted molar refractivity (Wildman–Crippen MR) is 106 cm³/mol. The summed E-state index contributed by atoms with van der Waals surface area (Å²) in [6.07, 6.45) is 0. The molecule has 0 aliphatic carbocycles. The Kier molecular flexibility index (Phi) is 5.69. The van der Waals surface area contributed by atoms with Gasteiger partial charge in [-0.2, -0.15) is 5.10 Å². The van der Waals surface area contributed by atoms with E-state index in [4.69, 9.17) is 11.6 Å². The molecule has 2 N–H and O–H groups in total. The molecule has 0 fully saturated rings. The van der Waals surface area contributed by atoms with Gasteiger partial charge >= 0.3 is 0 Å². The quantitative estimate of drug-likeness (QED) is 0.636. The van der Waals surface area contributed by atoms with E-state index in [9.17, 15) is 14.7 Å². The monoisotopic (exact) mass is 383 g/mol. The molecule has 0 unspecified atom stereocenters. The fourth-order valence-electron chi connectivity index (χ4n) is 2.77. The highest BCUT2D eigenvalue weighted by Gasteiger charge is 2.22. The minimum atomic E-state index is -0.506. The van der Waals surface area contributed by atoms with Gasteiger partial charge in [0.15, 0.2) is 5.78 Å². The van der Waals surface area contributed by atoms with Crippen LogP contribution in [0, 0.1) is 0 Å². The lowest BCUT2D eigenvalue weighted by molar-refractivity contribution is 0.101. The van der Waals surface area contributed by atoms with E-state index >= 15 is 0 Å². The first-order chi connectivity index (χ1) is 13.0. The molecule has 7 heteroatoms. The van der Waals surface area contributed by atoms with Gasteiger partial charge in [-0.25, -0.2) is 4.68 Å². The van der Waals surface area contributed by atoms with E-state index in [1.165, 1.54) is 6.92 Å². The van der Waals surface area contributed by atoms with Crippen LogP contribution < -0.4 is 10.9 Å². The highest BCUT2D eigenvalue weighted by Crippen LogP contribution is 2.29. The Balaban J connectivity index is 2.29. The number of para-hydroxylation sites is 1. The van der Waals surface area contributed by atoms with Crippen molar-refractivity contribution in [1.82, 2.24) is 9.78 Å². The lowest BCUT2D eigenvalue weighted by atomic mass is 10.0. The molecule has 0 saturated heterocycles. The minimum Gasteiger partial charge on any atom is -0.394 e. The fourth-order valence-corrected chi connectivity index (χ4v) is 2.95. The number of halogens is 1. The molecular weight excluding hydrogens is 366 g/mol. The molecule has 1 aromatic heterocycles. The van der Waals surface area contributed by atoms with Crippen LogP contribution in [0.1, 0.15) is 17.3 Å². The Labute approximate surface area is 161 Å². The summed E-state index contributed by atoms with van der Waals surface area (Å²) >= 11 is 6.20. The van der Waals surface area contributed by atoms with Crippen molar-refractivity contribution >= 4 is 28.8 Å². The van der Waals surface area contributed by atoms with Crippen molar-refractivity contribution in [3.8, 4) is 11.3 Å². The van der Waals surface area contributed by atoms with Crippen molar-refractivity contribution in [2.24, 2.45) is 0 Å². The van der Waals surface area contributed by atoms with Gasteiger partial charge in [-0.15, -0.1) is 0 Å². The number of rotatable bonds is 6. The minimum absolute atomic E-state index is 0.00799. The van der Waals surface area contributed by atoms with E-state index in [0.717, 1.165) is 4.68 Å². The summed E-state index contributed by atoms with van der Waals surface area (Å²) in [5.74, 6) is -0.302. The van der Waals surface area contributed by atoms with Crippen LogP contribution in [0.5, 0.6) is 0 Å². The Morgan fingerprint density at radius 2 is 1.81 bits per heavy atom. The maximum Gasteiger partial charge on any atom is 0.291 e. The number of carbonyl (C=O) groups excluding carboxylic acids is 1. The summed E-state index contributed by atoms with van der Waals surface area (Å²) in [5.41, 5.74) is 1.31. The van der Waals surface area contributed by atoms with Crippen LogP contribution in [0.25, 0.3) is 11.3 Å². The van der Waals surface area contributed by atoms with Gasteiger partial charge in [-0.1, -0.05) is 54.1 Å². The zero-order chi connectivity index (χ0) is 19.4. The van der Waals surface area contributed by atoms with Gasteiger partial charge in [0.25, 0.3) is 5.56 Å². The third kappa shape index (κ3) is 3.92. The number of aliphatic hydroxyl groups is 1. The van der Waals surface area contributed by atoms with Gasteiger partial charge in [0, 0.05) is 5.56 Å². The number of carbonyl (C=O) groups is 1. The van der Waals surface area contributed by atoms with E-state index in [0.29, 0.717) is 22.0 Å². The molecule has 3 aromatic rings. The maximum absolute atomic E-state index is 12.9. The van der Waals surface area contributed by atoms with E-state index in [2.05, 4.69) is 10.4 Å². The number of nitrogens with one attached hydrogen (secondary N) is 1. The Morgan fingerprint density at radius 3 is 2.44 bits per heavy atom. The summed E-state index contributed by atoms with van der Waals surface area (Å²) < 4.78 is 1.15. The standard InChI is InChI=1S/C20H18ClN3O3/c1-13(26)17-18(14-7-3-2-4-8-14)23-24(11-12-25)20(27)19(17)22-16-10-6-5-9-15(16)21/h2-10,22,25H,11-12H2,1H3. The van der Waals surface area contributed by atoms with Gasteiger partial charge in [-0.05, 0) is 19.1 Å². The third-order valence-corrected chi connectivity index (χ3v) is 4.33. The highest BCUT2D eigenvalue weighted by atomic mass is 35.5. The topological polar surface area (TPSA) is 84.2 Å². The van der Waals surface area contributed by atoms with Crippen LogP contribution in [-0.4, -0.2) is 27.3 Å². The smallest absolute Gasteiger partial charge is 0.291 e. The summed E-state index contributed by atoms with van der Waals surface area (Å²) in [6, 6.07) is 16.0. The van der Waals surface area contributed by atoms with Crippen molar-refractivity contribution in [2.45, 2.75) is 13.5 Å². The molecule has 0 amide bonds. The molecule has 6 nitrogen and oxygen atoms in total. The molecule has 0 spiro atoms. The van der Waals surface area contributed by atoms with Gasteiger partial charge in [0.05, 0.1) is 29.4 Å². The predicted octanol–water partition coefficient (Wildman–Crippen LogP) is 3.50. The van der Waals surface area contributed by atoms with Crippen molar-refractivity contribution in [1.29, 1.82) is 0 Å². The van der Waals surface area contributed by atoms with Crippen LogP contribution in [0.15, 0.2) is 59.4 Å². The molecule has 0 saturated carbocycles. The first-order valence-electron chi connectivity index (χ1n) is 8.36. The maximum atomic E-state index is 12.9. The first-order valence-corrected chi connectivity index (χ1v) is 8.74. The highest BCUT2D eigenvalue weighted by molar-refractivity contribution is 6.33. The fraction of sp³-hybridized carbons (Fsp3) is 0.150. The molecule has 0 aliphatic rings. The summed E-state index contributed by atoms with van der Waals surface area (Å²) in [4.78, 5) is 25.4. The number of aromatic nitrogens is 2. The average molecular weight is 384 g/mol.